The third-order valence-electron chi connectivity index (χ3n) is 1.29. The number of hydrogen-bond donors (Lipinski definition) is 0. The molecule has 0 aromatic heterocycles. The quantitative estimate of drug-likeness (QED) is 0.619. The number of carbonyl (C=O) groups excluding carboxylic acids is 1. The molecule has 11 heavy (non-hydrogen) atoms. The van der Waals surface area contributed by atoms with Crippen molar-refractivity contribution in [2.45, 2.75) is 6.67 Å². The fourth-order valence-electron chi connectivity index (χ4n) is 0.781. The van der Waals surface area contributed by atoms with E-state index in [-0.39, 0.29) is 12.2 Å². The monoisotopic (exact) mass is 154 g/mol. The van der Waals surface area contributed by atoms with E-state index >= 15 is 0 Å². The van der Waals surface area contributed by atoms with Gasteiger partial charge in [0.1, 0.15) is 12.4 Å². The molecule has 1 aromatic rings. The normalized spacial score (nSPS) is 9.18. The molecule has 2 nitrogen and oxygen atoms in total. The third-order valence-corrected chi connectivity index (χ3v) is 1.29. The lowest BCUT2D eigenvalue weighted by Crippen LogP contribution is -1.92. The predicted molar refractivity (Wildman–Crippen MR) is 37.9 cm³/mol. The van der Waals surface area contributed by atoms with Crippen molar-refractivity contribution in [2.75, 3.05) is 0 Å². The Morgan fingerprint density at radius 3 is 2.82 bits per heavy atom. The van der Waals surface area contributed by atoms with E-state index in [0.717, 1.165) is 0 Å². The SMILES string of the molecule is O=COc1ccccc1CF. The van der Waals surface area contributed by atoms with Gasteiger partial charge >= 0.3 is 0 Å². The Morgan fingerprint density at radius 1 is 1.45 bits per heavy atom. The maximum absolute atomic E-state index is 12.1. The first-order valence-corrected chi connectivity index (χ1v) is 3.12. The Kier molecular flexibility index (Phi) is 2.60. The van der Waals surface area contributed by atoms with Gasteiger partial charge in [0.2, 0.25) is 0 Å². The van der Waals surface area contributed by atoms with Crippen molar-refractivity contribution in [1.29, 1.82) is 0 Å². The summed E-state index contributed by atoms with van der Waals surface area (Å²) in [4.78, 5) is 9.90. The molecule has 58 valence electrons. The van der Waals surface area contributed by atoms with Gasteiger partial charge in [0.15, 0.2) is 0 Å². The molecule has 3 heteroatoms. The highest BCUT2D eigenvalue weighted by molar-refractivity contribution is 5.47. The summed E-state index contributed by atoms with van der Waals surface area (Å²) >= 11 is 0. The van der Waals surface area contributed by atoms with Crippen LogP contribution >= 0.6 is 0 Å². The molecule has 0 saturated carbocycles. The van der Waals surface area contributed by atoms with Gasteiger partial charge in [-0.15, -0.1) is 0 Å². The molecule has 1 rings (SSSR count). The average Bonchev–Trinajstić information content (AvgIpc) is 2.06. The van der Waals surface area contributed by atoms with Crippen LogP contribution in [0.4, 0.5) is 4.39 Å². The van der Waals surface area contributed by atoms with Gasteiger partial charge in [-0.3, -0.25) is 4.79 Å². The number of hydrogen-bond acceptors (Lipinski definition) is 2. The van der Waals surface area contributed by atoms with Crippen LogP contribution in [0, 0.1) is 0 Å². The maximum atomic E-state index is 12.1. The number of ether oxygens (including phenoxy) is 1. The summed E-state index contributed by atoms with van der Waals surface area (Å²) in [6.07, 6.45) is 0. The summed E-state index contributed by atoms with van der Waals surface area (Å²) in [6, 6.07) is 6.48. The molecule has 0 radical (unpaired) electrons. The molecule has 0 amide bonds. The lowest BCUT2D eigenvalue weighted by atomic mass is 10.2. The Balaban J connectivity index is 2.92. The number of benzene rings is 1. The summed E-state index contributed by atoms with van der Waals surface area (Å²) < 4.78 is 16.6. The van der Waals surface area contributed by atoms with E-state index in [0.29, 0.717) is 5.56 Å². The van der Waals surface area contributed by atoms with Crippen molar-refractivity contribution in [3.8, 4) is 5.75 Å². The van der Waals surface area contributed by atoms with Gasteiger partial charge in [-0.05, 0) is 6.07 Å². The van der Waals surface area contributed by atoms with E-state index in [2.05, 4.69) is 4.74 Å². The minimum Gasteiger partial charge on any atom is -0.428 e. The third kappa shape index (κ3) is 1.77. The summed E-state index contributed by atoms with van der Waals surface area (Å²) in [7, 11) is 0. The van der Waals surface area contributed by atoms with Crippen LogP contribution in [0.2, 0.25) is 0 Å². The van der Waals surface area contributed by atoms with Gasteiger partial charge < -0.3 is 4.74 Å². The first-order valence-electron chi connectivity index (χ1n) is 3.12. The first kappa shape index (κ1) is 7.72. The lowest BCUT2D eigenvalue weighted by molar-refractivity contribution is -0.120. The zero-order valence-corrected chi connectivity index (χ0v) is 5.79. The highest BCUT2D eigenvalue weighted by Gasteiger charge is 1.99. The second kappa shape index (κ2) is 3.71. The average molecular weight is 154 g/mol. The van der Waals surface area contributed by atoms with Crippen molar-refractivity contribution in [1.82, 2.24) is 0 Å². The van der Waals surface area contributed by atoms with Gasteiger partial charge in [0.25, 0.3) is 6.47 Å². The fraction of sp³-hybridized carbons (Fsp3) is 0.125. The topological polar surface area (TPSA) is 26.3 Å². The van der Waals surface area contributed by atoms with Crippen LogP contribution in [0.5, 0.6) is 5.75 Å². The van der Waals surface area contributed by atoms with Gasteiger partial charge in [-0.1, -0.05) is 18.2 Å². The van der Waals surface area contributed by atoms with Crippen LogP contribution < -0.4 is 4.74 Å². The van der Waals surface area contributed by atoms with Gasteiger partial charge in [0, 0.05) is 5.56 Å². The van der Waals surface area contributed by atoms with E-state index in [9.17, 15) is 9.18 Å². The first-order chi connectivity index (χ1) is 5.38. The van der Waals surface area contributed by atoms with Crippen LogP contribution in [-0.2, 0) is 11.5 Å². The standard InChI is InChI=1S/C8H7FO2/c9-5-7-3-1-2-4-8(7)11-6-10/h1-4,6H,5H2. The Morgan fingerprint density at radius 2 is 2.18 bits per heavy atom. The van der Waals surface area contributed by atoms with Crippen LogP contribution in [0.1, 0.15) is 5.56 Å². The molecule has 0 saturated heterocycles. The van der Waals surface area contributed by atoms with E-state index in [1.54, 1.807) is 24.3 Å². The molecule has 0 atom stereocenters. The van der Waals surface area contributed by atoms with Crippen molar-refractivity contribution < 1.29 is 13.9 Å². The minimum absolute atomic E-state index is 0.282. The largest absolute Gasteiger partial charge is 0.428 e. The molecule has 0 heterocycles. The maximum Gasteiger partial charge on any atom is 0.298 e. The summed E-state index contributed by atoms with van der Waals surface area (Å²) in [5.41, 5.74) is 0.389. The molecule has 0 bridgehead atoms. The number of para-hydroxylation sites is 1. The van der Waals surface area contributed by atoms with Crippen LogP contribution in [0.3, 0.4) is 0 Å². The minimum atomic E-state index is -0.621. The molecule has 0 fully saturated rings. The van der Waals surface area contributed by atoms with Crippen LogP contribution in [0.15, 0.2) is 24.3 Å². The summed E-state index contributed by atoms with van der Waals surface area (Å²) in [5.74, 6) is 0.282. The van der Waals surface area contributed by atoms with E-state index in [4.69, 9.17) is 0 Å². The molecular formula is C8H7FO2. The molecule has 0 unspecified atom stereocenters. The van der Waals surface area contributed by atoms with Crippen molar-refractivity contribution in [2.24, 2.45) is 0 Å². The van der Waals surface area contributed by atoms with Crippen LogP contribution in [-0.4, -0.2) is 6.47 Å². The van der Waals surface area contributed by atoms with Gasteiger partial charge in [0.05, 0.1) is 0 Å². The van der Waals surface area contributed by atoms with Crippen LogP contribution in [0.25, 0.3) is 0 Å². The van der Waals surface area contributed by atoms with Crippen molar-refractivity contribution in [3.05, 3.63) is 29.8 Å². The zero-order valence-electron chi connectivity index (χ0n) is 5.79. The van der Waals surface area contributed by atoms with E-state index in [1.807, 2.05) is 0 Å². The molecule has 1 aromatic carbocycles. The van der Waals surface area contributed by atoms with Gasteiger partial charge in [-0.2, -0.15) is 0 Å². The second-order valence-electron chi connectivity index (χ2n) is 1.96. The van der Waals surface area contributed by atoms with E-state index < -0.39 is 6.67 Å². The summed E-state index contributed by atoms with van der Waals surface area (Å²) in [6.45, 7) is -0.335. The molecule has 0 aliphatic heterocycles. The smallest absolute Gasteiger partial charge is 0.298 e. The molecule has 0 spiro atoms. The second-order valence-corrected chi connectivity index (χ2v) is 1.96. The molecule has 0 aliphatic carbocycles. The number of alkyl halides is 1. The Bertz CT molecular complexity index is 248. The lowest BCUT2D eigenvalue weighted by Gasteiger charge is -2.00. The highest BCUT2D eigenvalue weighted by Crippen LogP contribution is 2.17. The van der Waals surface area contributed by atoms with E-state index in [1.165, 1.54) is 0 Å². The predicted octanol–water partition coefficient (Wildman–Crippen LogP) is 1.69. The number of rotatable bonds is 3. The number of halogens is 1. The van der Waals surface area contributed by atoms with Crippen molar-refractivity contribution in [3.63, 3.8) is 0 Å². The number of carbonyl (C=O) groups is 1. The molecular weight excluding hydrogens is 147 g/mol. The van der Waals surface area contributed by atoms with Gasteiger partial charge in [-0.25, -0.2) is 4.39 Å². The summed E-state index contributed by atoms with van der Waals surface area (Å²) in [5, 5.41) is 0. The Hall–Kier alpha value is -1.38. The fourth-order valence-corrected chi connectivity index (χ4v) is 0.781. The molecule has 0 aliphatic rings. The zero-order chi connectivity index (χ0) is 8.10. The van der Waals surface area contributed by atoms with Crippen molar-refractivity contribution >= 4 is 6.47 Å². The molecule has 0 N–H and O–H groups in total. The highest BCUT2D eigenvalue weighted by atomic mass is 19.1. The Labute approximate surface area is 63.6 Å².